The number of benzene rings is 1. The van der Waals surface area contributed by atoms with Gasteiger partial charge in [0.05, 0.1) is 0 Å². The number of halogens is 1. The van der Waals surface area contributed by atoms with Crippen molar-refractivity contribution in [3.8, 4) is 0 Å². The van der Waals surface area contributed by atoms with Gasteiger partial charge in [-0.15, -0.1) is 0 Å². The summed E-state index contributed by atoms with van der Waals surface area (Å²) in [5, 5.41) is 0.845. The lowest BCUT2D eigenvalue weighted by molar-refractivity contribution is 0.162. The second kappa shape index (κ2) is 5.50. The van der Waals surface area contributed by atoms with Crippen LogP contribution in [0, 0.1) is 0 Å². The van der Waals surface area contributed by atoms with E-state index in [2.05, 4.69) is 28.0 Å². The minimum absolute atomic E-state index is 0.750. The molecule has 2 nitrogen and oxygen atoms in total. The minimum atomic E-state index is 0.750. The molecule has 2 aliphatic rings. The number of hydrogen-bond donors (Lipinski definition) is 0. The van der Waals surface area contributed by atoms with Crippen LogP contribution in [0.15, 0.2) is 24.3 Å². The fraction of sp³-hybridized carbons (Fsp3) is 0.600. The molecule has 98 valence electrons. The van der Waals surface area contributed by atoms with Crippen LogP contribution in [0.4, 0.5) is 5.69 Å². The second-order valence-corrected chi connectivity index (χ2v) is 5.90. The van der Waals surface area contributed by atoms with Gasteiger partial charge in [-0.3, -0.25) is 4.90 Å². The molecule has 18 heavy (non-hydrogen) atoms. The molecule has 2 saturated heterocycles. The normalized spacial score (nSPS) is 25.6. The van der Waals surface area contributed by atoms with Crippen LogP contribution >= 0.6 is 11.6 Å². The number of rotatable bonds is 1. The van der Waals surface area contributed by atoms with Crippen LogP contribution in [-0.2, 0) is 0 Å². The highest BCUT2D eigenvalue weighted by molar-refractivity contribution is 6.30. The van der Waals surface area contributed by atoms with Crippen LogP contribution in [-0.4, -0.2) is 37.1 Å². The molecule has 0 amide bonds. The zero-order valence-electron chi connectivity index (χ0n) is 10.8. The molecule has 0 aliphatic carbocycles. The maximum absolute atomic E-state index is 6.11. The Morgan fingerprint density at radius 3 is 2.83 bits per heavy atom. The van der Waals surface area contributed by atoms with Crippen LogP contribution < -0.4 is 4.90 Å². The van der Waals surface area contributed by atoms with E-state index in [9.17, 15) is 0 Å². The van der Waals surface area contributed by atoms with Crippen molar-refractivity contribution in [1.82, 2.24) is 4.90 Å². The molecule has 0 bridgehead atoms. The van der Waals surface area contributed by atoms with Crippen LogP contribution in [0.1, 0.15) is 25.7 Å². The summed E-state index contributed by atoms with van der Waals surface area (Å²) in [6.45, 7) is 4.89. The van der Waals surface area contributed by atoms with Gasteiger partial charge in [-0.05, 0) is 44.0 Å². The lowest BCUT2D eigenvalue weighted by Crippen LogP contribution is -2.44. The Morgan fingerprint density at radius 1 is 1.06 bits per heavy atom. The van der Waals surface area contributed by atoms with Crippen molar-refractivity contribution in [3.63, 3.8) is 0 Å². The van der Waals surface area contributed by atoms with Gasteiger partial charge in [-0.2, -0.15) is 0 Å². The largest absolute Gasteiger partial charge is 0.370 e. The molecule has 2 aliphatic heterocycles. The first-order valence-corrected chi connectivity index (χ1v) is 7.45. The van der Waals surface area contributed by atoms with E-state index in [-0.39, 0.29) is 0 Å². The first-order valence-electron chi connectivity index (χ1n) is 7.07. The van der Waals surface area contributed by atoms with Gasteiger partial charge >= 0.3 is 0 Å². The Hall–Kier alpha value is -0.730. The second-order valence-electron chi connectivity index (χ2n) is 5.47. The molecule has 0 aromatic heterocycles. The smallest absolute Gasteiger partial charge is 0.0426 e. The Kier molecular flexibility index (Phi) is 3.76. The molecule has 0 spiro atoms. The highest BCUT2D eigenvalue weighted by atomic mass is 35.5. The summed E-state index contributed by atoms with van der Waals surface area (Å²) in [5.74, 6) is 0. The third-order valence-electron chi connectivity index (χ3n) is 4.23. The summed E-state index contributed by atoms with van der Waals surface area (Å²) in [5.41, 5.74) is 1.29. The van der Waals surface area contributed by atoms with Gasteiger partial charge in [0.15, 0.2) is 0 Å². The first-order chi connectivity index (χ1) is 8.83. The highest BCUT2D eigenvalue weighted by Crippen LogP contribution is 2.26. The molecule has 1 unspecified atom stereocenters. The zero-order valence-corrected chi connectivity index (χ0v) is 11.6. The predicted molar refractivity (Wildman–Crippen MR) is 77.5 cm³/mol. The summed E-state index contributed by atoms with van der Waals surface area (Å²) in [4.78, 5) is 5.20. The van der Waals surface area contributed by atoms with Gasteiger partial charge in [0.2, 0.25) is 0 Å². The first kappa shape index (κ1) is 12.3. The molecule has 0 radical (unpaired) electrons. The van der Waals surface area contributed by atoms with E-state index in [1.54, 1.807) is 0 Å². The van der Waals surface area contributed by atoms with E-state index in [1.165, 1.54) is 51.0 Å². The molecule has 0 saturated carbocycles. The summed E-state index contributed by atoms with van der Waals surface area (Å²) in [7, 11) is 0. The van der Waals surface area contributed by atoms with Gasteiger partial charge in [0.25, 0.3) is 0 Å². The lowest BCUT2D eigenvalue weighted by Gasteiger charge is -2.35. The zero-order chi connectivity index (χ0) is 12.4. The molecule has 3 rings (SSSR count). The van der Waals surface area contributed by atoms with E-state index in [0.717, 1.165) is 17.6 Å². The highest BCUT2D eigenvalue weighted by Gasteiger charge is 2.27. The van der Waals surface area contributed by atoms with Crippen molar-refractivity contribution < 1.29 is 0 Å². The van der Waals surface area contributed by atoms with Crippen molar-refractivity contribution >= 4 is 17.3 Å². The van der Waals surface area contributed by atoms with E-state index < -0.39 is 0 Å². The molecule has 1 aromatic rings. The summed E-state index contributed by atoms with van der Waals surface area (Å²) in [6, 6.07) is 9.04. The van der Waals surface area contributed by atoms with E-state index >= 15 is 0 Å². The van der Waals surface area contributed by atoms with Gasteiger partial charge in [-0.25, -0.2) is 0 Å². The van der Waals surface area contributed by atoms with Crippen LogP contribution in [0.2, 0.25) is 5.02 Å². The summed E-state index contributed by atoms with van der Waals surface area (Å²) < 4.78 is 0. The third kappa shape index (κ3) is 2.65. The van der Waals surface area contributed by atoms with Crippen LogP contribution in [0.5, 0.6) is 0 Å². The van der Waals surface area contributed by atoms with Crippen molar-refractivity contribution in [3.05, 3.63) is 29.3 Å². The Bertz CT molecular complexity index is 407. The van der Waals surface area contributed by atoms with Crippen molar-refractivity contribution in [2.75, 3.05) is 31.1 Å². The van der Waals surface area contributed by atoms with Gasteiger partial charge < -0.3 is 4.90 Å². The number of nitrogens with zero attached hydrogens (tertiary/aromatic N) is 2. The minimum Gasteiger partial charge on any atom is -0.370 e. The summed E-state index contributed by atoms with van der Waals surface area (Å²) in [6.07, 6.45) is 5.40. The monoisotopic (exact) mass is 264 g/mol. The Labute approximate surface area is 115 Å². The lowest BCUT2D eigenvalue weighted by atomic mass is 10.0. The van der Waals surface area contributed by atoms with Gasteiger partial charge in [0, 0.05) is 36.4 Å². The van der Waals surface area contributed by atoms with E-state index in [1.807, 2.05) is 6.07 Å². The predicted octanol–water partition coefficient (Wildman–Crippen LogP) is 3.40. The number of piperidine rings is 1. The number of anilines is 1. The average Bonchev–Trinajstić information content (AvgIpc) is 2.60. The Balaban J connectivity index is 1.76. The number of fused-ring (bicyclic) bond motifs is 1. The maximum atomic E-state index is 6.11. The van der Waals surface area contributed by atoms with Crippen molar-refractivity contribution in [2.24, 2.45) is 0 Å². The van der Waals surface area contributed by atoms with Crippen molar-refractivity contribution in [1.29, 1.82) is 0 Å². The number of hydrogen-bond acceptors (Lipinski definition) is 2. The molecule has 1 aromatic carbocycles. The molecule has 0 N–H and O–H groups in total. The standard InChI is InChI=1S/C15H21ClN2/c16-13-5-3-7-14(11-13)18-10-4-9-17-8-2-1-6-15(17)12-18/h3,5,7,11,15H,1-2,4,6,8-10,12H2. The van der Waals surface area contributed by atoms with Crippen LogP contribution in [0.3, 0.4) is 0 Å². The fourth-order valence-electron chi connectivity index (χ4n) is 3.28. The fourth-order valence-corrected chi connectivity index (χ4v) is 3.46. The third-order valence-corrected chi connectivity index (χ3v) is 4.46. The maximum Gasteiger partial charge on any atom is 0.0426 e. The van der Waals surface area contributed by atoms with Gasteiger partial charge in [0.1, 0.15) is 0 Å². The SMILES string of the molecule is Clc1cccc(N2CCCN3CCCCC3C2)c1. The van der Waals surface area contributed by atoms with E-state index in [0.29, 0.717) is 0 Å². The molecular formula is C15H21ClN2. The summed E-state index contributed by atoms with van der Waals surface area (Å²) >= 11 is 6.11. The quantitative estimate of drug-likeness (QED) is 0.767. The molecule has 2 heterocycles. The van der Waals surface area contributed by atoms with Gasteiger partial charge in [-0.1, -0.05) is 24.1 Å². The Morgan fingerprint density at radius 2 is 1.94 bits per heavy atom. The van der Waals surface area contributed by atoms with Crippen molar-refractivity contribution in [2.45, 2.75) is 31.7 Å². The van der Waals surface area contributed by atoms with E-state index in [4.69, 9.17) is 11.6 Å². The average molecular weight is 265 g/mol. The molecule has 3 heteroatoms. The molecule has 1 atom stereocenters. The molecular weight excluding hydrogens is 244 g/mol. The van der Waals surface area contributed by atoms with Crippen LogP contribution in [0.25, 0.3) is 0 Å². The molecule has 2 fully saturated rings. The topological polar surface area (TPSA) is 6.48 Å².